The van der Waals surface area contributed by atoms with Crippen LogP contribution in [0, 0.1) is 5.82 Å². The third-order valence-corrected chi connectivity index (χ3v) is 5.32. The van der Waals surface area contributed by atoms with E-state index >= 15 is 0 Å². The molecular weight excluding hydrogens is 444 g/mol. The van der Waals surface area contributed by atoms with E-state index in [0.717, 1.165) is 16.8 Å². The minimum absolute atomic E-state index is 0.113. The summed E-state index contributed by atoms with van der Waals surface area (Å²) in [6.07, 6.45) is 0. The van der Waals surface area contributed by atoms with Gasteiger partial charge in [-0.2, -0.15) is 0 Å². The predicted octanol–water partition coefficient (Wildman–Crippen LogP) is 5.50. The number of anilines is 1. The number of hydrogen-bond donors (Lipinski definition) is 3. The Hall–Kier alpha value is -3.16. The molecule has 1 heterocycles. The number of nitrogens with one attached hydrogen (secondary N) is 3. The summed E-state index contributed by atoms with van der Waals surface area (Å²) in [6.45, 7) is 0.585. The van der Waals surface area contributed by atoms with Crippen molar-refractivity contribution in [3.8, 4) is 11.5 Å². The molecule has 0 saturated heterocycles. The van der Waals surface area contributed by atoms with Gasteiger partial charge in [-0.1, -0.05) is 29.3 Å². The van der Waals surface area contributed by atoms with Gasteiger partial charge in [0.1, 0.15) is 12.4 Å². The van der Waals surface area contributed by atoms with Crippen LogP contribution in [0.4, 0.5) is 10.1 Å². The lowest BCUT2D eigenvalue weighted by Gasteiger charge is -2.15. The molecule has 0 spiro atoms. The lowest BCUT2D eigenvalue weighted by molar-refractivity contribution is 0.284. The molecule has 4 rings (SSSR count). The highest BCUT2D eigenvalue weighted by Gasteiger charge is 2.14. The molecule has 3 aromatic carbocycles. The van der Waals surface area contributed by atoms with Crippen LogP contribution in [-0.2, 0) is 13.2 Å². The molecule has 1 aromatic heterocycles. The van der Waals surface area contributed by atoms with Crippen LogP contribution in [0.25, 0.3) is 11.0 Å². The van der Waals surface area contributed by atoms with E-state index in [4.69, 9.17) is 32.7 Å². The second-order valence-electron chi connectivity index (χ2n) is 6.83. The molecule has 9 heteroatoms. The molecular formula is C22H18Cl2FN3O3. The summed E-state index contributed by atoms with van der Waals surface area (Å²) >= 11 is 12.5. The molecule has 0 fully saturated rings. The minimum atomic E-state index is -0.414. The third-order valence-electron chi connectivity index (χ3n) is 4.69. The van der Waals surface area contributed by atoms with Crippen molar-refractivity contribution in [1.82, 2.24) is 9.97 Å². The number of H-pyrrole nitrogens is 2. The van der Waals surface area contributed by atoms with E-state index in [9.17, 15) is 9.18 Å². The maximum Gasteiger partial charge on any atom is 0.323 e. The number of aromatic nitrogens is 2. The average molecular weight is 462 g/mol. The zero-order valence-corrected chi connectivity index (χ0v) is 17.9. The molecule has 0 aliphatic rings. The van der Waals surface area contributed by atoms with Crippen molar-refractivity contribution in [2.45, 2.75) is 13.2 Å². The first kappa shape index (κ1) is 21.1. The maximum absolute atomic E-state index is 13.2. The summed E-state index contributed by atoms with van der Waals surface area (Å²) in [4.78, 5) is 16.8. The largest absolute Gasteiger partial charge is 0.493 e. The Morgan fingerprint density at radius 2 is 1.81 bits per heavy atom. The van der Waals surface area contributed by atoms with Crippen molar-refractivity contribution in [1.29, 1.82) is 0 Å². The molecule has 6 nitrogen and oxygen atoms in total. The van der Waals surface area contributed by atoms with Crippen molar-refractivity contribution < 1.29 is 13.9 Å². The first-order valence-corrected chi connectivity index (χ1v) is 10.1. The van der Waals surface area contributed by atoms with Gasteiger partial charge < -0.3 is 24.8 Å². The van der Waals surface area contributed by atoms with Crippen LogP contribution in [0.3, 0.4) is 0 Å². The Morgan fingerprint density at radius 1 is 1.00 bits per heavy atom. The monoisotopic (exact) mass is 461 g/mol. The number of benzene rings is 3. The lowest BCUT2D eigenvalue weighted by Crippen LogP contribution is -2.03. The number of hydrogen-bond acceptors (Lipinski definition) is 4. The fraction of sp³-hybridized carbons (Fsp3) is 0.136. The molecule has 160 valence electrons. The maximum atomic E-state index is 13.2. The number of imidazole rings is 1. The van der Waals surface area contributed by atoms with Gasteiger partial charge in [0.25, 0.3) is 0 Å². The van der Waals surface area contributed by atoms with E-state index in [1.807, 2.05) is 24.3 Å². The number of ether oxygens (including phenoxy) is 2. The Bertz CT molecular complexity index is 1300. The van der Waals surface area contributed by atoms with Crippen molar-refractivity contribution >= 4 is 39.9 Å². The predicted molar refractivity (Wildman–Crippen MR) is 120 cm³/mol. The van der Waals surface area contributed by atoms with Crippen LogP contribution in [0.5, 0.6) is 11.5 Å². The quantitative estimate of drug-likeness (QED) is 0.339. The van der Waals surface area contributed by atoms with Crippen molar-refractivity contribution in [3.63, 3.8) is 0 Å². The molecule has 3 N–H and O–H groups in total. The first-order chi connectivity index (χ1) is 14.9. The number of halogens is 3. The van der Waals surface area contributed by atoms with Crippen molar-refractivity contribution in [3.05, 3.63) is 86.0 Å². The number of rotatable bonds is 7. The van der Waals surface area contributed by atoms with E-state index in [1.54, 1.807) is 12.1 Å². The Balaban J connectivity index is 1.49. The second-order valence-corrected chi connectivity index (χ2v) is 7.64. The molecule has 0 bridgehead atoms. The summed E-state index contributed by atoms with van der Waals surface area (Å²) in [5, 5.41) is 3.94. The molecule has 0 amide bonds. The van der Waals surface area contributed by atoms with Crippen molar-refractivity contribution in [2.75, 3.05) is 12.4 Å². The summed E-state index contributed by atoms with van der Waals surface area (Å²) in [7, 11) is 1.52. The van der Waals surface area contributed by atoms with Gasteiger partial charge in [-0.05, 0) is 48.0 Å². The molecule has 0 aliphatic heterocycles. The Kier molecular flexibility index (Phi) is 6.06. The van der Waals surface area contributed by atoms with Crippen LogP contribution in [-0.4, -0.2) is 17.1 Å². The van der Waals surface area contributed by atoms with E-state index in [1.165, 1.54) is 19.2 Å². The number of methoxy groups -OCH3 is 1. The summed E-state index contributed by atoms with van der Waals surface area (Å²) in [6, 6.07) is 13.2. The van der Waals surface area contributed by atoms with Crippen LogP contribution in [0.15, 0.2) is 53.3 Å². The van der Waals surface area contributed by atoms with Gasteiger partial charge in [0.2, 0.25) is 0 Å². The van der Waals surface area contributed by atoms with Gasteiger partial charge in [-0.15, -0.1) is 0 Å². The molecule has 31 heavy (non-hydrogen) atoms. The number of aromatic amines is 2. The minimum Gasteiger partial charge on any atom is -0.493 e. The van der Waals surface area contributed by atoms with Gasteiger partial charge in [0.05, 0.1) is 28.2 Å². The van der Waals surface area contributed by atoms with Gasteiger partial charge in [-0.3, -0.25) is 0 Å². The third kappa shape index (κ3) is 4.78. The zero-order chi connectivity index (χ0) is 22.0. The summed E-state index contributed by atoms with van der Waals surface area (Å²) in [5.74, 6) is 0.427. The fourth-order valence-corrected chi connectivity index (χ4v) is 3.66. The van der Waals surface area contributed by atoms with E-state index in [-0.39, 0.29) is 17.3 Å². The highest BCUT2D eigenvalue weighted by Crippen LogP contribution is 2.37. The topological polar surface area (TPSA) is 79.1 Å². The Morgan fingerprint density at radius 3 is 2.58 bits per heavy atom. The first-order valence-electron chi connectivity index (χ1n) is 9.32. The molecule has 0 aliphatic carbocycles. The molecule has 0 radical (unpaired) electrons. The van der Waals surface area contributed by atoms with E-state index in [0.29, 0.717) is 34.1 Å². The molecule has 4 aromatic rings. The summed E-state index contributed by atoms with van der Waals surface area (Å²) < 4.78 is 24.5. The number of fused-ring (bicyclic) bond motifs is 1. The zero-order valence-electron chi connectivity index (χ0n) is 16.4. The Labute approximate surface area is 186 Å². The van der Waals surface area contributed by atoms with Gasteiger partial charge in [0, 0.05) is 17.8 Å². The van der Waals surface area contributed by atoms with Gasteiger partial charge >= 0.3 is 5.69 Å². The highest BCUT2D eigenvalue weighted by atomic mass is 35.5. The molecule has 0 atom stereocenters. The van der Waals surface area contributed by atoms with Gasteiger partial charge in [0.15, 0.2) is 11.5 Å². The molecule has 0 unspecified atom stereocenters. The standard InChI is InChI=1S/C22H18Cl2FN3O3/c1-30-20-7-12(10-26-15-4-5-18-19(9-15)28-22(29)27-18)6-17(24)21(20)31-11-13-2-3-14(25)8-16(13)23/h2-9,26H,10-11H2,1H3,(H2,27,28,29). The SMILES string of the molecule is COc1cc(CNc2ccc3[nH]c(=O)[nH]c3c2)cc(Cl)c1OCc1ccc(F)cc1Cl. The average Bonchev–Trinajstić information content (AvgIpc) is 3.11. The lowest BCUT2D eigenvalue weighted by atomic mass is 10.2. The second kappa shape index (κ2) is 8.91. The highest BCUT2D eigenvalue weighted by molar-refractivity contribution is 6.32. The van der Waals surface area contributed by atoms with Crippen molar-refractivity contribution in [2.24, 2.45) is 0 Å². The molecule has 0 saturated carbocycles. The van der Waals surface area contributed by atoms with E-state index in [2.05, 4.69) is 15.3 Å². The van der Waals surface area contributed by atoms with Crippen LogP contribution in [0.2, 0.25) is 10.0 Å². The van der Waals surface area contributed by atoms with Gasteiger partial charge in [-0.25, -0.2) is 9.18 Å². The fourth-order valence-electron chi connectivity index (χ4n) is 3.15. The van der Waals surface area contributed by atoms with Crippen LogP contribution in [0.1, 0.15) is 11.1 Å². The summed E-state index contributed by atoms with van der Waals surface area (Å²) in [5.41, 5.74) is 3.55. The normalized spacial score (nSPS) is 11.0. The van der Waals surface area contributed by atoms with Crippen LogP contribution >= 0.6 is 23.2 Å². The van der Waals surface area contributed by atoms with Crippen LogP contribution < -0.4 is 20.5 Å². The van der Waals surface area contributed by atoms with E-state index < -0.39 is 5.82 Å². The smallest absolute Gasteiger partial charge is 0.323 e.